The van der Waals surface area contributed by atoms with Crippen LogP contribution in [0.25, 0.3) is 0 Å². The number of carbonyl (C=O) groups excluding carboxylic acids is 2. The summed E-state index contributed by atoms with van der Waals surface area (Å²) in [6.45, 7) is -1.03. The highest BCUT2D eigenvalue weighted by Gasteiger charge is 2.15. The van der Waals surface area contributed by atoms with Gasteiger partial charge in [0.05, 0.1) is 22.7 Å². The van der Waals surface area contributed by atoms with Gasteiger partial charge in [-0.15, -0.1) is 0 Å². The van der Waals surface area contributed by atoms with Gasteiger partial charge >= 0.3 is 5.97 Å². The van der Waals surface area contributed by atoms with E-state index in [2.05, 4.69) is 5.32 Å². The number of halogens is 1. The first-order valence-electron chi connectivity index (χ1n) is 7.56. The number of hydrogen-bond acceptors (Lipinski definition) is 7. The lowest BCUT2D eigenvalue weighted by Gasteiger charge is -2.11. The second-order valence-electron chi connectivity index (χ2n) is 5.07. The number of anilines is 1. The van der Waals surface area contributed by atoms with Crippen molar-refractivity contribution in [1.82, 2.24) is 0 Å². The minimum atomic E-state index is -0.781. The van der Waals surface area contributed by atoms with Gasteiger partial charge < -0.3 is 19.5 Å². The molecule has 0 heterocycles. The summed E-state index contributed by atoms with van der Waals surface area (Å²) in [5.41, 5.74) is -0.142. The van der Waals surface area contributed by atoms with Crippen LogP contribution in [0.1, 0.15) is 0 Å². The minimum absolute atomic E-state index is 0.0834. The Morgan fingerprint density at radius 1 is 1.15 bits per heavy atom. The van der Waals surface area contributed by atoms with Crippen molar-refractivity contribution in [1.29, 1.82) is 0 Å². The van der Waals surface area contributed by atoms with Crippen LogP contribution in [0.5, 0.6) is 11.5 Å². The average Bonchev–Trinajstić information content (AvgIpc) is 2.65. The Bertz CT molecular complexity index is 857. The number of nitro groups is 1. The van der Waals surface area contributed by atoms with Crippen molar-refractivity contribution in [2.45, 2.75) is 0 Å². The third kappa shape index (κ3) is 5.86. The smallest absolute Gasteiger partial charge is 0.344 e. The largest absolute Gasteiger partial charge is 0.495 e. The quantitative estimate of drug-likeness (QED) is 0.415. The van der Waals surface area contributed by atoms with Gasteiger partial charge in [0.25, 0.3) is 11.6 Å². The van der Waals surface area contributed by atoms with Crippen molar-refractivity contribution in [2.24, 2.45) is 0 Å². The van der Waals surface area contributed by atoms with E-state index in [1.807, 2.05) is 0 Å². The molecule has 0 fully saturated rings. The lowest BCUT2D eigenvalue weighted by Crippen LogP contribution is -2.24. The highest BCUT2D eigenvalue weighted by atomic mass is 35.5. The SMILES string of the molecule is COc1ccc([N+](=O)[O-])cc1NC(=O)COC(=O)COc1ccccc1Cl. The normalized spacial score (nSPS) is 10.0. The summed E-state index contributed by atoms with van der Waals surface area (Å²) in [7, 11) is 1.35. The number of carbonyl (C=O) groups is 2. The molecule has 0 unspecified atom stereocenters. The van der Waals surface area contributed by atoms with Gasteiger partial charge in [-0.3, -0.25) is 14.9 Å². The summed E-state index contributed by atoms with van der Waals surface area (Å²) in [6.07, 6.45) is 0. The van der Waals surface area contributed by atoms with Crippen molar-refractivity contribution in [3.05, 3.63) is 57.6 Å². The van der Waals surface area contributed by atoms with Crippen LogP contribution in [0, 0.1) is 10.1 Å². The number of rotatable bonds is 8. The van der Waals surface area contributed by atoms with E-state index in [0.717, 1.165) is 6.07 Å². The Hall–Kier alpha value is -3.33. The van der Waals surface area contributed by atoms with Crippen molar-refractivity contribution in [3.8, 4) is 11.5 Å². The van der Waals surface area contributed by atoms with Crippen molar-refractivity contribution < 1.29 is 28.7 Å². The number of esters is 1. The lowest BCUT2D eigenvalue weighted by molar-refractivity contribution is -0.384. The van der Waals surface area contributed by atoms with E-state index in [-0.39, 0.29) is 17.1 Å². The van der Waals surface area contributed by atoms with Gasteiger partial charge in [-0.05, 0) is 18.2 Å². The molecule has 0 saturated heterocycles. The summed E-state index contributed by atoms with van der Waals surface area (Å²) in [5, 5.41) is 13.5. The second kappa shape index (κ2) is 9.39. The molecule has 10 heteroatoms. The van der Waals surface area contributed by atoms with Gasteiger partial charge in [0, 0.05) is 12.1 Å². The van der Waals surface area contributed by atoms with E-state index in [4.69, 9.17) is 25.8 Å². The zero-order valence-corrected chi connectivity index (χ0v) is 14.9. The number of ether oxygens (including phenoxy) is 3. The molecular formula is C17H15ClN2O7. The van der Waals surface area contributed by atoms with E-state index in [1.165, 1.54) is 19.2 Å². The number of benzene rings is 2. The van der Waals surface area contributed by atoms with Crippen LogP contribution in [0.3, 0.4) is 0 Å². The van der Waals surface area contributed by atoms with Crippen LogP contribution in [-0.4, -0.2) is 37.1 Å². The maximum Gasteiger partial charge on any atom is 0.344 e. The predicted octanol–water partition coefficient (Wildman–Crippen LogP) is 2.82. The van der Waals surface area contributed by atoms with Gasteiger partial charge in [-0.25, -0.2) is 4.79 Å². The van der Waals surface area contributed by atoms with Gasteiger partial charge in [0.15, 0.2) is 13.2 Å². The molecule has 0 aliphatic carbocycles. The topological polar surface area (TPSA) is 117 Å². The molecule has 0 atom stereocenters. The first-order valence-corrected chi connectivity index (χ1v) is 7.93. The number of non-ortho nitro benzene ring substituents is 1. The Labute approximate surface area is 158 Å². The molecule has 2 aromatic rings. The molecule has 9 nitrogen and oxygen atoms in total. The number of methoxy groups -OCH3 is 1. The minimum Gasteiger partial charge on any atom is -0.495 e. The number of amides is 1. The Balaban J connectivity index is 1.87. The Kier molecular flexibility index (Phi) is 6.95. The van der Waals surface area contributed by atoms with Crippen LogP contribution in [-0.2, 0) is 14.3 Å². The molecular weight excluding hydrogens is 380 g/mol. The molecule has 0 saturated carbocycles. The maximum atomic E-state index is 11.9. The highest BCUT2D eigenvalue weighted by molar-refractivity contribution is 6.32. The van der Waals surface area contributed by atoms with Crippen molar-refractivity contribution in [3.63, 3.8) is 0 Å². The molecule has 0 aliphatic heterocycles. The monoisotopic (exact) mass is 394 g/mol. The molecule has 2 aromatic carbocycles. The van der Waals surface area contributed by atoms with Gasteiger partial charge in [-0.2, -0.15) is 0 Å². The zero-order valence-electron chi connectivity index (χ0n) is 14.1. The van der Waals surface area contributed by atoms with Crippen molar-refractivity contribution in [2.75, 3.05) is 25.6 Å². The van der Waals surface area contributed by atoms with Crippen LogP contribution in [0.2, 0.25) is 5.02 Å². The fourth-order valence-electron chi connectivity index (χ4n) is 1.98. The number of hydrogen-bond donors (Lipinski definition) is 1. The van der Waals surface area contributed by atoms with Crippen molar-refractivity contribution >= 4 is 34.9 Å². The highest BCUT2D eigenvalue weighted by Crippen LogP contribution is 2.28. The number of nitro benzene ring substituents is 1. The molecule has 142 valence electrons. The molecule has 27 heavy (non-hydrogen) atoms. The third-order valence-corrected chi connectivity index (χ3v) is 3.53. The fourth-order valence-corrected chi connectivity index (χ4v) is 2.17. The van der Waals surface area contributed by atoms with E-state index in [0.29, 0.717) is 10.8 Å². The summed E-state index contributed by atoms with van der Waals surface area (Å²) in [6, 6.07) is 10.3. The Morgan fingerprint density at radius 2 is 1.89 bits per heavy atom. The fraction of sp³-hybridized carbons (Fsp3) is 0.176. The first kappa shape index (κ1) is 20.0. The molecule has 1 amide bonds. The number of nitrogens with one attached hydrogen (secondary N) is 1. The first-order chi connectivity index (χ1) is 12.9. The second-order valence-corrected chi connectivity index (χ2v) is 5.48. The standard InChI is InChI=1S/C17H15ClN2O7/c1-25-15-7-6-11(20(23)24)8-13(15)19-16(21)9-27-17(22)10-26-14-5-3-2-4-12(14)18/h2-8H,9-10H2,1H3,(H,19,21). The summed E-state index contributed by atoms with van der Waals surface area (Å²) in [5.74, 6) is -0.944. The maximum absolute atomic E-state index is 11.9. The van der Waals surface area contributed by atoms with Gasteiger partial charge in [0.1, 0.15) is 11.5 Å². The summed E-state index contributed by atoms with van der Waals surface area (Å²) in [4.78, 5) is 33.8. The third-order valence-electron chi connectivity index (χ3n) is 3.21. The predicted molar refractivity (Wildman–Crippen MR) is 96.2 cm³/mol. The lowest BCUT2D eigenvalue weighted by atomic mass is 10.2. The zero-order chi connectivity index (χ0) is 19.8. The van der Waals surface area contributed by atoms with Gasteiger partial charge in [0.2, 0.25) is 0 Å². The van der Waals surface area contributed by atoms with E-state index >= 15 is 0 Å². The van der Waals surface area contributed by atoms with E-state index in [1.54, 1.807) is 24.3 Å². The van der Waals surface area contributed by atoms with Crippen LogP contribution >= 0.6 is 11.6 Å². The van der Waals surface area contributed by atoms with E-state index in [9.17, 15) is 19.7 Å². The van der Waals surface area contributed by atoms with Gasteiger partial charge in [-0.1, -0.05) is 23.7 Å². The molecule has 0 bridgehead atoms. The molecule has 0 radical (unpaired) electrons. The molecule has 0 aliphatic rings. The molecule has 2 rings (SSSR count). The van der Waals surface area contributed by atoms with Crippen LogP contribution < -0.4 is 14.8 Å². The number of nitrogens with zero attached hydrogens (tertiary/aromatic N) is 1. The summed E-state index contributed by atoms with van der Waals surface area (Å²) < 4.78 is 15.0. The Morgan fingerprint density at radius 3 is 2.56 bits per heavy atom. The average molecular weight is 395 g/mol. The molecule has 0 aromatic heterocycles. The van der Waals surface area contributed by atoms with E-state index < -0.39 is 30.0 Å². The number of para-hydroxylation sites is 1. The van der Waals surface area contributed by atoms with Crippen LogP contribution in [0.15, 0.2) is 42.5 Å². The summed E-state index contributed by atoms with van der Waals surface area (Å²) >= 11 is 5.89. The molecule has 0 spiro atoms. The van der Waals surface area contributed by atoms with Crippen LogP contribution in [0.4, 0.5) is 11.4 Å². The molecule has 1 N–H and O–H groups in total.